The Labute approximate surface area is 356 Å². The number of quaternary nitrogens is 1. The molecule has 2 unspecified atom stereocenters. The van der Waals surface area contributed by atoms with E-state index in [4.69, 9.17) is 18.5 Å². The normalized spacial score (nSPS) is 14.7. The Kier molecular flexibility index (Phi) is 39.3. The van der Waals surface area contributed by atoms with Crippen LogP contribution in [0.4, 0.5) is 0 Å². The molecule has 0 saturated heterocycles. The van der Waals surface area contributed by atoms with Gasteiger partial charge >= 0.3 is 5.97 Å². The Morgan fingerprint density at radius 3 is 1.50 bits per heavy atom. The third-order valence-corrected chi connectivity index (χ3v) is 9.83. The zero-order chi connectivity index (χ0) is 42.7. The van der Waals surface area contributed by atoms with Crippen molar-refractivity contribution < 1.29 is 37.3 Å². The molecule has 0 spiro atoms. The molecule has 0 aliphatic heterocycles. The number of phosphoric acid groups is 1. The number of carbonyl (C=O) groups is 1. The van der Waals surface area contributed by atoms with Crippen LogP contribution in [0.5, 0.6) is 0 Å². The number of hydrogen-bond donors (Lipinski definition) is 0. The van der Waals surface area contributed by atoms with Gasteiger partial charge < -0.3 is 27.9 Å². The van der Waals surface area contributed by atoms with Crippen molar-refractivity contribution in [3.05, 3.63) is 97.2 Å². The standard InChI is InChI=1S/C49H84NO7P/c1-6-8-10-12-14-16-18-20-22-23-24-25-26-27-28-29-31-33-35-37-39-41-44-54-46-48(47-56-58(52,53)55-45-43-50(3,4)5)57-49(51)42-40-38-36-34-32-30-21-19-17-15-13-11-9-7-2/h8,10,13-16,19-22,24-25,27-28,31,33,48H,6-7,9,11-12,17-18,23,26,29-30,32,34-47H2,1-5H3/b10-8-,15-13-,16-14-,21-19-,22-20-,25-24-,28-27-,33-31-. The second-order valence-corrected chi connectivity index (χ2v) is 17.1. The minimum absolute atomic E-state index is 0.0105. The van der Waals surface area contributed by atoms with Gasteiger partial charge in [-0.05, 0) is 89.9 Å². The predicted molar refractivity (Wildman–Crippen MR) is 245 cm³/mol. The molecule has 332 valence electrons. The third-order valence-electron chi connectivity index (χ3n) is 8.87. The van der Waals surface area contributed by atoms with E-state index in [9.17, 15) is 14.3 Å². The highest BCUT2D eigenvalue weighted by molar-refractivity contribution is 7.45. The summed E-state index contributed by atoms with van der Waals surface area (Å²) >= 11 is 0. The van der Waals surface area contributed by atoms with Gasteiger partial charge in [-0.2, -0.15) is 0 Å². The summed E-state index contributed by atoms with van der Waals surface area (Å²) in [6.45, 7) is 5.12. The third kappa shape index (κ3) is 44.5. The van der Waals surface area contributed by atoms with Gasteiger partial charge in [-0.15, -0.1) is 0 Å². The first-order valence-electron chi connectivity index (χ1n) is 22.5. The maximum atomic E-state index is 12.7. The lowest BCUT2D eigenvalue weighted by Crippen LogP contribution is -2.37. The maximum absolute atomic E-state index is 12.7. The smallest absolute Gasteiger partial charge is 0.306 e. The largest absolute Gasteiger partial charge is 0.756 e. The highest BCUT2D eigenvalue weighted by atomic mass is 31.2. The molecule has 0 saturated carbocycles. The Hall–Kier alpha value is -2.58. The zero-order valence-corrected chi connectivity index (χ0v) is 38.3. The molecule has 8 nitrogen and oxygen atoms in total. The summed E-state index contributed by atoms with van der Waals surface area (Å²) in [6.07, 6.45) is 55.7. The molecule has 0 aromatic heterocycles. The average Bonchev–Trinajstić information content (AvgIpc) is 3.18. The summed E-state index contributed by atoms with van der Waals surface area (Å²) in [4.78, 5) is 25.0. The van der Waals surface area contributed by atoms with Crippen molar-refractivity contribution in [1.82, 2.24) is 0 Å². The van der Waals surface area contributed by atoms with Gasteiger partial charge in [0.25, 0.3) is 7.82 Å². The molecular weight excluding hydrogens is 746 g/mol. The first-order valence-corrected chi connectivity index (χ1v) is 23.9. The predicted octanol–water partition coefficient (Wildman–Crippen LogP) is 12.8. The summed E-state index contributed by atoms with van der Waals surface area (Å²) in [6, 6.07) is 0. The number of allylic oxidation sites excluding steroid dienone is 16. The fourth-order valence-electron chi connectivity index (χ4n) is 5.39. The molecule has 0 aliphatic carbocycles. The van der Waals surface area contributed by atoms with Gasteiger partial charge in [-0.3, -0.25) is 9.36 Å². The number of esters is 1. The van der Waals surface area contributed by atoms with E-state index < -0.39 is 13.9 Å². The van der Waals surface area contributed by atoms with Gasteiger partial charge in [-0.25, -0.2) is 0 Å². The molecule has 0 N–H and O–H groups in total. The van der Waals surface area contributed by atoms with Crippen LogP contribution < -0.4 is 4.89 Å². The number of rotatable bonds is 40. The lowest BCUT2D eigenvalue weighted by molar-refractivity contribution is -0.870. The topological polar surface area (TPSA) is 94.1 Å². The van der Waals surface area contributed by atoms with Gasteiger partial charge in [0.2, 0.25) is 0 Å². The quantitative estimate of drug-likeness (QED) is 0.0200. The molecule has 0 fully saturated rings. The zero-order valence-electron chi connectivity index (χ0n) is 37.5. The van der Waals surface area contributed by atoms with Crippen LogP contribution in [0.25, 0.3) is 0 Å². The number of hydrogen-bond acceptors (Lipinski definition) is 7. The van der Waals surface area contributed by atoms with E-state index in [1.54, 1.807) is 0 Å². The van der Waals surface area contributed by atoms with E-state index in [1.807, 2.05) is 21.1 Å². The molecule has 0 bridgehead atoms. The van der Waals surface area contributed by atoms with E-state index in [1.165, 1.54) is 19.3 Å². The van der Waals surface area contributed by atoms with Crippen molar-refractivity contribution in [2.24, 2.45) is 0 Å². The Bertz CT molecular complexity index is 1240. The maximum Gasteiger partial charge on any atom is 0.306 e. The second kappa shape index (κ2) is 41.2. The van der Waals surface area contributed by atoms with Crippen molar-refractivity contribution in [2.45, 2.75) is 155 Å². The molecule has 9 heteroatoms. The van der Waals surface area contributed by atoms with Gasteiger partial charge in [0.15, 0.2) is 0 Å². The van der Waals surface area contributed by atoms with Crippen LogP contribution in [0, 0.1) is 0 Å². The lowest BCUT2D eigenvalue weighted by Gasteiger charge is -2.28. The summed E-state index contributed by atoms with van der Waals surface area (Å²) in [5.41, 5.74) is 0. The Morgan fingerprint density at radius 1 is 0.552 bits per heavy atom. The number of ether oxygens (including phenoxy) is 2. The molecule has 0 aliphatic rings. The van der Waals surface area contributed by atoms with E-state index in [0.29, 0.717) is 17.6 Å². The van der Waals surface area contributed by atoms with Crippen LogP contribution in [-0.4, -0.2) is 70.7 Å². The summed E-state index contributed by atoms with van der Waals surface area (Å²) in [5, 5.41) is 0. The van der Waals surface area contributed by atoms with Gasteiger partial charge in [0, 0.05) is 13.0 Å². The van der Waals surface area contributed by atoms with Crippen LogP contribution >= 0.6 is 7.82 Å². The highest BCUT2D eigenvalue weighted by Gasteiger charge is 2.20. The van der Waals surface area contributed by atoms with E-state index in [2.05, 4.69) is 111 Å². The average molecular weight is 830 g/mol. The fraction of sp³-hybridized carbons (Fsp3) is 0.653. The lowest BCUT2D eigenvalue weighted by atomic mass is 10.1. The molecule has 58 heavy (non-hydrogen) atoms. The van der Waals surface area contributed by atoms with E-state index in [0.717, 1.165) is 109 Å². The van der Waals surface area contributed by atoms with Gasteiger partial charge in [0.1, 0.15) is 19.3 Å². The number of nitrogens with zero attached hydrogens (tertiary/aromatic N) is 1. The number of carbonyl (C=O) groups excluding carboxylic acids is 1. The number of phosphoric ester groups is 1. The second-order valence-electron chi connectivity index (χ2n) is 15.7. The van der Waals surface area contributed by atoms with Crippen molar-refractivity contribution in [3.63, 3.8) is 0 Å². The summed E-state index contributed by atoms with van der Waals surface area (Å²) in [7, 11) is 1.30. The van der Waals surface area contributed by atoms with Crippen molar-refractivity contribution in [1.29, 1.82) is 0 Å². The van der Waals surface area contributed by atoms with Gasteiger partial charge in [0.05, 0.1) is 34.4 Å². The molecule has 0 amide bonds. The van der Waals surface area contributed by atoms with Crippen molar-refractivity contribution >= 4 is 13.8 Å². The SMILES string of the molecule is CC/C=C\C/C=C\C/C=C\C/C=C\C/C=C\C/C=C\CCCCCOCC(COP(=O)([O-])OCC[N+](C)(C)C)OC(=O)CCCCCCC/C=C\C/C=C\CCCC. The first kappa shape index (κ1) is 55.4. The monoisotopic (exact) mass is 830 g/mol. The summed E-state index contributed by atoms with van der Waals surface area (Å²) < 4.78 is 34.5. The van der Waals surface area contributed by atoms with E-state index in [-0.39, 0.29) is 32.2 Å². The number of unbranched alkanes of at least 4 members (excludes halogenated alkanes) is 10. The molecular formula is C49H84NO7P. The molecule has 0 aromatic carbocycles. The van der Waals surface area contributed by atoms with E-state index >= 15 is 0 Å². The molecule has 0 radical (unpaired) electrons. The van der Waals surface area contributed by atoms with Crippen molar-refractivity contribution in [2.75, 3.05) is 54.1 Å². The minimum atomic E-state index is -4.55. The van der Waals surface area contributed by atoms with Crippen LogP contribution in [0.2, 0.25) is 0 Å². The molecule has 2 atom stereocenters. The molecule has 0 heterocycles. The number of likely N-dealkylation sites (N-methyl/N-ethyl adjacent to an activating group) is 1. The van der Waals surface area contributed by atoms with Crippen LogP contribution in [0.1, 0.15) is 149 Å². The van der Waals surface area contributed by atoms with Crippen molar-refractivity contribution in [3.8, 4) is 0 Å². The first-order chi connectivity index (χ1) is 28.1. The molecule has 0 rings (SSSR count). The van der Waals surface area contributed by atoms with Crippen LogP contribution in [0.15, 0.2) is 97.2 Å². The molecule has 0 aromatic rings. The Balaban J connectivity index is 4.33. The minimum Gasteiger partial charge on any atom is -0.756 e. The fourth-order valence-corrected chi connectivity index (χ4v) is 6.12. The highest BCUT2D eigenvalue weighted by Crippen LogP contribution is 2.38. The summed E-state index contributed by atoms with van der Waals surface area (Å²) in [5.74, 6) is -0.366. The Morgan fingerprint density at radius 2 is 1.00 bits per heavy atom. The van der Waals surface area contributed by atoms with Crippen LogP contribution in [-0.2, 0) is 27.9 Å². The van der Waals surface area contributed by atoms with Gasteiger partial charge in [-0.1, -0.05) is 150 Å². The van der Waals surface area contributed by atoms with Crippen LogP contribution in [0.3, 0.4) is 0 Å².